The topological polar surface area (TPSA) is 81.2 Å². The summed E-state index contributed by atoms with van der Waals surface area (Å²) in [6, 6.07) is 13.5. The van der Waals surface area contributed by atoms with Crippen LogP contribution < -0.4 is 0 Å². The van der Waals surface area contributed by atoms with Crippen molar-refractivity contribution in [1.29, 1.82) is 0 Å². The van der Waals surface area contributed by atoms with E-state index in [9.17, 15) is 15.3 Å². The minimum atomic E-state index is -0.510. The second kappa shape index (κ2) is 4.09. The number of nitro groups is 1. The first-order valence-electron chi connectivity index (χ1n) is 5.59. The molecular formula is C13H9N3O3. The number of para-hydroxylation sites is 1. The van der Waals surface area contributed by atoms with Crippen LogP contribution in [-0.2, 0) is 0 Å². The van der Waals surface area contributed by atoms with E-state index in [2.05, 4.69) is 4.98 Å². The van der Waals surface area contributed by atoms with Crippen molar-refractivity contribution in [3.63, 3.8) is 0 Å². The van der Waals surface area contributed by atoms with Crippen molar-refractivity contribution in [1.82, 2.24) is 9.71 Å². The summed E-state index contributed by atoms with van der Waals surface area (Å²) in [7, 11) is 0. The molecule has 0 aliphatic heterocycles. The Morgan fingerprint density at radius 2 is 1.84 bits per heavy atom. The van der Waals surface area contributed by atoms with Crippen molar-refractivity contribution in [2.24, 2.45) is 0 Å². The molecule has 1 heterocycles. The maximum absolute atomic E-state index is 10.9. The fourth-order valence-corrected chi connectivity index (χ4v) is 1.99. The van der Waals surface area contributed by atoms with Gasteiger partial charge in [-0.1, -0.05) is 36.4 Å². The highest BCUT2D eigenvalue weighted by atomic mass is 16.6. The number of non-ortho nitro benzene ring substituents is 1. The van der Waals surface area contributed by atoms with Crippen molar-refractivity contribution < 1.29 is 10.1 Å². The Kier molecular flexibility index (Phi) is 2.42. The van der Waals surface area contributed by atoms with Gasteiger partial charge in [-0.05, 0) is 6.07 Å². The molecule has 0 radical (unpaired) electrons. The molecule has 0 bridgehead atoms. The molecule has 19 heavy (non-hydrogen) atoms. The summed E-state index contributed by atoms with van der Waals surface area (Å²) in [5.41, 5.74) is 1.06. The summed E-state index contributed by atoms with van der Waals surface area (Å²) in [6.07, 6.45) is 0. The van der Waals surface area contributed by atoms with E-state index in [4.69, 9.17) is 0 Å². The fourth-order valence-electron chi connectivity index (χ4n) is 1.99. The average Bonchev–Trinajstić information content (AvgIpc) is 2.77. The summed E-state index contributed by atoms with van der Waals surface area (Å²) >= 11 is 0. The molecule has 6 heteroatoms. The number of hydrogen-bond acceptors (Lipinski definition) is 4. The number of nitro benzene ring substituents is 1. The second-order valence-electron chi connectivity index (χ2n) is 4.02. The van der Waals surface area contributed by atoms with Crippen molar-refractivity contribution in [3.8, 4) is 11.4 Å². The second-order valence-corrected chi connectivity index (χ2v) is 4.02. The number of hydrogen-bond donors (Lipinski definition) is 1. The van der Waals surface area contributed by atoms with Crippen molar-refractivity contribution in [2.45, 2.75) is 0 Å². The summed E-state index contributed by atoms with van der Waals surface area (Å²) in [6.45, 7) is 0. The molecule has 0 unspecified atom stereocenters. The van der Waals surface area contributed by atoms with Gasteiger partial charge in [0.25, 0.3) is 5.69 Å². The van der Waals surface area contributed by atoms with Gasteiger partial charge < -0.3 is 5.21 Å². The zero-order chi connectivity index (χ0) is 13.4. The highest BCUT2D eigenvalue weighted by molar-refractivity contribution is 5.87. The van der Waals surface area contributed by atoms with Gasteiger partial charge in [-0.3, -0.25) is 10.1 Å². The van der Waals surface area contributed by atoms with Crippen LogP contribution in [0.5, 0.6) is 0 Å². The Labute approximate surface area is 107 Å². The molecule has 0 aliphatic carbocycles. The quantitative estimate of drug-likeness (QED) is 0.433. The zero-order valence-electron chi connectivity index (χ0n) is 9.72. The summed E-state index contributed by atoms with van der Waals surface area (Å²) in [5, 5.41) is 21.0. The molecule has 0 spiro atoms. The lowest BCUT2D eigenvalue weighted by Gasteiger charge is -1.99. The molecule has 0 fully saturated rings. The molecule has 0 atom stereocenters. The van der Waals surface area contributed by atoms with Gasteiger partial charge in [0.2, 0.25) is 0 Å². The van der Waals surface area contributed by atoms with Crippen LogP contribution in [0.3, 0.4) is 0 Å². The first-order chi connectivity index (χ1) is 9.18. The molecule has 0 amide bonds. The van der Waals surface area contributed by atoms with Crippen LogP contribution >= 0.6 is 0 Å². The molecule has 3 aromatic rings. The van der Waals surface area contributed by atoms with Crippen molar-refractivity contribution in [2.75, 3.05) is 0 Å². The Bertz CT molecular complexity index is 765. The number of aromatic nitrogens is 2. The lowest BCUT2D eigenvalue weighted by Crippen LogP contribution is -1.93. The van der Waals surface area contributed by atoms with Crippen LogP contribution in [0.1, 0.15) is 0 Å². The number of imidazole rings is 1. The molecule has 1 aromatic heterocycles. The van der Waals surface area contributed by atoms with Crippen LogP contribution in [0.4, 0.5) is 5.69 Å². The van der Waals surface area contributed by atoms with Crippen molar-refractivity contribution >= 4 is 16.7 Å². The highest BCUT2D eigenvalue weighted by Gasteiger charge is 2.19. The molecule has 6 nitrogen and oxygen atoms in total. The van der Waals surface area contributed by atoms with Gasteiger partial charge in [-0.15, -0.1) is 0 Å². The third-order valence-corrected chi connectivity index (χ3v) is 2.87. The van der Waals surface area contributed by atoms with Crippen LogP contribution in [0.15, 0.2) is 48.5 Å². The predicted molar refractivity (Wildman–Crippen MR) is 69.0 cm³/mol. The van der Waals surface area contributed by atoms with Gasteiger partial charge in [-0.25, -0.2) is 4.98 Å². The fraction of sp³-hybridized carbons (Fsp3) is 0. The van der Waals surface area contributed by atoms with Crippen LogP contribution in [0, 0.1) is 10.1 Å². The minimum Gasteiger partial charge on any atom is -0.426 e. The smallest absolute Gasteiger partial charge is 0.297 e. The van der Waals surface area contributed by atoms with Crippen LogP contribution in [-0.4, -0.2) is 19.8 Å². The molecular weight excluding hydrogens is 246 g/mol. The van der Waals surface area contributed by atoms with Crippen LogP contribution in [0.2, 0.25) is 0 Å². The molecule has 3 rings (SSSR count). The van der Waals surface area contributed by atoms with Gasteiger partial charge in [0.05, 0.1) is 4.92 Å². The molecule has 0 aliphatic rings. The van der Waals surface area contributed by atoms with Gasteiger partial charge in [0, 0.05) is 11.6 Å². The largest absolute Gasteiger partial charge is 0.426 e. The third-order valence-electron chi connectivity index (χ3n) is 2.87. The molecule has 0 saturated carbocycles. The molecule has 94 valence electrons. The first-order valence-corrected chi connectivity index (χ1v) is 5.59. The first kappa shape index (κ1) is 11.2. The van der Waals surface area contributed by atoms with E-state index in [1.165, 1.54) is 12.1 Å². The van der Waals surface area contributed by atoms with E-state index >= 15 is 0 Å². The summed E-state index contributed by atoms with van der Waals surface area (Å²) in [5.74, 6) is 0.282. The van der Waals surface area contributed by atoms with Gasteiger partial charge in [0.1, 0.15) is 5.52 Å². The Morgan fingerprint density at radius 1 is 1.11 bits per heavy atom. The minimum absolute atomic E-state index is 0.123. The van der Waals surface area contributed by atoms with Crippen LogP contribution in [0.25, 0.3) is 22.4 Å². The van der Waals surface area contributed by atoms with Gasteiger partial charge in [0.15, 0.2) is 11.3 Å². The van der Waals surface area contributed by atoms with Gasteiger partial charge in [-0.2, -0.15) is 4.73 Å². The lowest BCUT2D eigenvalue weighted by atomic mass is 10.2. The summed E-state index contributed by atoms with van der Waals surface area (Å²) < 4.78 is 0.873. The maximum atomic E-state index is 10.9. The van der Waals surface area contributed by atoms with Crippen molar-refractivity contribution in [3.05, 3.63) is 58.6 Å². The highest BCUT2D eigenvalue weighted by Crippen LogP contribution is 2.28. The predicted octanol–water partition coefficient (Wildman–Crippen LogP) is 2.85. The SMILES string of the molecule is O=[N+]([O-])c1cccc2c1nc(-c1ccccc1)n2O. The number of nitrogens with zero attached hydrogens (tertiary/aromatic N) is 3. The molecule has 1 N–H and O–H groups in total. The van der Waals surface area contributed by atoms with E-state index in [0.29, 0.717) is 11.1 Å². The van der Waals surface area contributed by atoms with E-state index in [1.54, 1.807) is 18.2 Å². The Morgan fingerprint density at radius 3 is 2.53 bits per heavy atom. The normalized spacial score (nSPS) is 10.7. The van der Waals surface area contributed by atoms with E-state index in [0.717, 1.165) is 4.73 Å². The molecule has 0 saturated heterocycles. The van der Waals surface area contributed by atoms with E-state index < -0.39 is 4.92 Å². The van der Waals surface area contributed by atoms with Gasteiger partial charge >= 0.3 is 0 Å². The lowest BCUT2D eigenvalue weighted by molar-refractivity contribution is -0.383. The summed E-state index contributed by atoms with van der Waals surface area (Å²) in [4.78, 5) is 14.6. The Hall–Kier alpha value is -2.89. The number of benzene rings is 2. The zero-order valence-corrected chi connectivity index (χ0v) is 9.72. The maximum Gasteiger partial charge on any atom is 0.297 e. The number of fused-ring (bicyclic) bond motifs is 1. The van der Waals surface area contributed by atoms with E-state index in [-0.39, 0.29) is 17.0 Å². The van der Waals surface area contributed by atoms with E-state index in [1.807, 2.05) is 18.2 Å². The Balaban J connectivity index is 2.32. The monoisotopic (exact) mass is 255 g/mol. The molecule has 2 aromatic carbocycles. The number of rotatable bonds is 2. The standard InChI is InChI=1S/C13H9N3O3/c17-15-10-7-4-8-11(16(18)19)12(10)14-13(15)9-5-2-1-3-6-9/h1-8,17H. The third kappa shape index (κ3) is 1.70. The average molecular weight is 255 g/mol.